The maximum absolute atomic E-state index is 11.9. The first-order valence-electron chi connectivity index (χ1n) is 7.48. The maximum Gasteiger partial charge on any atom is 0.242 e. The van der Waals surface area contributed by atoms with Crippen LogP contribution in [0.5, 0.6) is 0 Å². The van der Waals surface area contributed by atoms with Crippen molar-refractivity contribution in [1.82, 2.24) is 10.6 Å². The molecule has 2 N–H and O–H groups in total. The van der Waals surface area contributed by atoms with Crippen molar-refractivity contribution in [2.75, 3.05) is 18.0 Å². The molecule has 0 spiro atoms. The smallest absolute Gasteiger partial charge is 0.242 e. The number of piperazine rings is 1. The molecule has 1 saturated heterocycles. The van der Waals surface area contributed by atoms with Crippen molar-refractivity contribution in [2.24, 2.45) is 0 Å². The largest absolute Gasteiger partial charge is 0.358 e. The summed E-state index contributed by atoms with van der Waals surface area (Å²) in [7, 11) is 0. The Hall–Kier alpha value is -1.55. The van der Waals surface area contributed by atoms with E-state index < -0.39 is 0 Å². The molecule has 1 fully saturated rings. The topological polar surface area (TPSA) is 44.4 Å². The number of benzene rings is 1. The lowest BCUT2D eigenvalue weighted by molar-refractivity contribution is -0.123. The van der Waals surface area contributed by atoms with Crippen molar-refractivity contribution in [1.29, 1.82) is 0 Å². The van der Waals surface area contributed by atoms with Crippen LogP contribution < -0.4 is 15.5 Å². The summed E-state index contributed by atoms with van der Waals surface area (Å²) in [6.45, 7) is 8.85. The Morgan fingerprint density at radius 3 is 2.65 bits per heavy atom. The first-order chi connectivity index (χ1) is 9.61. The molecule has 1 aliphatic heterocycles. The lowest BCUT2D eigenvalue weighted by Gasteiger charge is -2.36. The number of anilines is 1. The molecule has 1 aliphatic rings. The van der Waals surface area contributed by atoms with Gasteiger partial charge in [-0.1, -0.05) is 32.9 Å². The van der Waals surface area contributed by atoms with Crippen LogP contribution in [0.25, 0.3) is 0 Å². The summed E-state index contributed by atoms with van der Waals surface area (Å²) in [5.41, 5.74) is 2.41. The fourth-order valence-electron chi connectivity index (χ4n) is 2.56. The van der Waals surface area contributed by atoms with Gasteiger partial charge in [0.15, 0.2) is 0 Å². The first kappa shape index (κ1) is 14.9. The van der Waals surface area contributed by atoms with E-state index in [1.54, 1.807) is 0 Å². The fraction of sp³-hybridized carbons (Fsp3) is 0.562. The molecule has 1 aromatic rings. The zero-order chi connectivity index (χ0) is 14.5. The van der Waals surface area contributed by atoms with Gasteiger partial charge in [-0.05, 0) is 24.1 Å². The standard InChI is InChI=1S/C16H25N3O/c1-4-15-16(20)17-9-10-19(15)14-7-5-13(6-8-14)11-18-12(2)3/h5-8,12,15,18H,4,9-11H2,1-3H3,(H,17,20). The molecule has 4 nitrogen and oxygen atoms in total. The molecule has 1 heterocycles. The molecule has 0 aromatic heterocycles. The van der Waals surface area contributed by atoms with Crippen LogP contribution >= 0.6 is 0 Å². The minimum absolute atomic E-state index is 0.0385. The second-order valence-electron chi connectivity index (χ2n) is 5.61. The molecule has 1 aromatic carbocycles. The van der Waals surface area contributed by atoms with Gasteiger partial charge in [-0.2, -0.15) is 0 Å². The summed E-state index contributed by atoms with van der Waals surface area (Å²) in [4.78, 5) is 14.1. The highest BCUT2D eigenvalue weighted by atomic mass is 16.2. The van der Waals surface area contributed by atoms with Gasteiger partial charge in [0, 0.05) is 31.4 Å². The molecule has 0 bridgehead atoms. The lowest BCUT2D eigenvalue weighted by atomic mass is 10.1. The average molecular weight is 275 g/mol. The highest BCUT2D eigenvalue weighted by Crippen LogP contribution is 2.21. The van der Waals surface area contributed by atoms with Gasteiger partial charge < -0.3 is 15.5 Å². The number of carbonyl (C=O) groups is 1. The van der Waals surface area contributed by atoms with Crippen molar-refractivity contribution in [3.63, 3.8) is 0 Å². The van der Waals surface area contributed by atoms with Crippen LogP contribution in [0.4, 0.5) is 5.69 Å². The first-order valence-corrected chi connectivity index (χ1v) is 7.48. The molecule has 2 rings (SSSR count). The van der Waals surface area contributed by atoms with E-state index in [9.17, 15) is 4.79 Å². The molecule has 1 atom stereocenters. The fourth-order valence-corrected chi connectivity index (χ4v) is 2.56. The van der Waals surface area contributed by atoms with E-state index in [1.165, 1.54) is 5.56 Å². The molecule has 1 amide bonds. The Labute approximate surface area is 121 Å². The molecule has 110 valence electrons. The van der Waals surface area contributed by atoms with Gasteiger partial charge in [0.25, 0.3) is 0 Å². The van der Waals surface area contributed by atoms with Crippen molar-refractivity contribution in [2.45, 2.75) is 45.8 Å². The number of nitrogens with one attached hydrogen (secondary N) is 2. The Kier molecular flexibility index (Phi) is 5.01. The van der Waals surface area contributed by atoms with Crippen LogP contribution in [-0.4, -0.2) is 31.1 Å². The zero-order valence-corrected chi connectivity index (χ0v) is 12.6. The zero-order valence-electron chi connectivity index (χ0n) is 12.6. The summed E-state index contributed by atoms with van der Waals surface area (Å²) in [6, 6.07) is 8.98. The second kappa shape index (κ2) is 6.75. The van der Waals surface area contributed by atoms with Gasteiger partial charge in [-0.15, -0.1) is 0 Å². The van der Waals surface area contributed by atoms with E-state index >= 15 is 0 Å². The van der Waals surface area contributed by atoms with Crippen LogP contribution in [0.15, 0.2) is 24.3 Å². The third-order valence-electron chi connectivity index (χ3n) is 3.70. The van der Waals surface area contributed by atoms with E-state index in [0.717, 1.165) is 31.7 Å². The molecular formula is C16H25N3O. The molecule has 4 heteroatoms. The third-order valence-corrected chi connectivity index (χ3v) is 3.70. The molecule has 20 heavy (non-hydrogen) atoms. The predicted octanol–water partition coefficient (Wildman–Crippen LogP) is 1.90. The maximum atomic E-state index is 11.9. The van der Waals surface area contributed by atoms with Crippen molar-refractivity contribution in [3.05, 3.63) is 29.8 Å². The number of carbonyl (C=O) groups excluding carboxylic acids is 1. The minimum atomic E-state index is -0.0385. The molecule has 0 aliphatic carbocycles. The number of nitrogens with zero attached hydrogens (tertiary/aromatic N) is 1. The quantitative estimate of drug-likeness (QED) is 0.862. The summed E-state index contributed by atoms with van der Waals surface area (Å²) < 4.78 is 0. The van der Waals surface area contributed by atoms with Crippen LogP contribution in [0.1, 0.15) is 32.8 Å². The highest BCUT2D eigenvalue weighted by molar-refractivity contribution is 5.86. The predicted molar refractivity (Wildman–Crippen MR) is 82.9 cm³/mol. The molecule has 0 saturated carbocycles. The van der Waals surface area contributed by atoms with Crippen molar-refractivity contribution >= 4 is 11.6 Å². The summed E-state index contributed by atoms with van der Waals surface area (Å²) in [5.74, 6) is 0.143. The van der Waals surface area contributed by atoms with Gasteiger partial charge in [0.2, 0.25) is 5.91 Å². The average Bonchev–Trinajstić information content (AvgIpc) is 2.45. The van der Waals surface area contributed by atoms with Gasteiger partial charge in [0.05, 0.1) is 0 Å². The minimum Gasteiger partial charge on any atom is -0.358 e. The normalized spacial score (nSPS) is 19.3. The van der Waals surface area contributed by atoms with Crippen LogP contribution in [0.2, 0.25) is 0 Å². The van der Waals surface area contributed by atoms with Crippen LogP contribution in [0.3, 0.4) is 0 Å². The number of rotatable bonds is 5. The summed E-state index contributed by atoms with van der Waals surface area (Å²) in [6.07, 6.45) is 0.836. The monoisotopic (exact) mass is 275 g/mol. The van der Waals surface area contributed by atoms with Crippen molar-refractivity contribution < 1.29 is 4.79 Å². The van der Waals surface area contributed by atoms with Gasteiger partial charge in [-0.25, -0.2) is 0 Å². The van der Waals surface area contributed by atoms with E-state index in [2.05, 4.69) is 60.6 Å². The number of amides is 1. The lowest BCUT2D eigenvalue weighted by Crippen LogP contribution is -2.55. The Morgan fingerprint density at radius 1 is 1.35 bits per heavy atom. The van der Waals surface area contributed by atoms with Crippen molar-refractivity contribution in [3.8, 4) is 0 Å². The number of hydrogen-bond donors (Lipinski definition) is 2. The van der Waals surface area contributed by atoms with Crippen LogP contribution in [-0.2, 0) is 11.3 Å². The summed E-state index contributed by atoms with van der Waals surface area (Å²) in [5, 5.41) is 6.35. The Balaban J connectivity index is 2.06. The van der Waals surface area contributed by atoms with E-state index in [-0.39, 0.29) is 11.9 Å². The van der Waals surface area contributed by atoms with Gasteiger partial charge in [0.1, 0.15) is 6.04 Å². The van der Waals surface area contributed by atoms with Gasteiger partial charge >= 0.3 is 0 Å². The van der Waals surface area contributed by atoms with E-state index in [0.29, 0.717) is 6.04 Å². The highest BCUT2D eigenvalue weighted by Gasteiger charge is 2.27. The van der Waals surface area contributed by atoms with E-state index in [4.69, 9.17) is 0 Å². The summed E-state index contributed by atoms with van der Waals surface area (Å²) >= 11 is 0. The molecule has 0 radical (unpaired) electrons. The number of hydrogen-bond acceptors (Lipinski definition) is 3. The molecular weight excluding hydrogens is 250 g/mol. The second-order valence-corrected chi connectivity index (χ2v) is 5.61. The van der Waals surface area contributed by atoms with Crippen LogP contribution in [0, 0.1) is 0 Å². The Bertz CT molecular complexity index is 442. The Morgan fingerprint density at radius 2 is 2.05 bits per heavy atom. The molecule has 1 unspecified atom stereocenters. The SMILES string of the molecule is CCC1C(=O)NCCN1c1ccc(CNC(C)C)cc1. The third kappa shape index (κ3) is 3.51. The van der Waals surface area contributed by atoms with E-state index in [1.807, 2.05) is 0 Å². The van der Waals surface area contributed by atoms with Gasteiger partial charge in [-0.3, -0.25) is 4.79 Å².